The van der Waals surface area contributed by atoms with Crippen LogP contribution >= 0.6 is 0 Å². The Kier molecular flexibility index (Phi) is 12.2. The van der Waals surface area contributed by atoms with Crippen molar-refractivity contribution in [3.63, 3.8) is 0 Å². The van der Waals surface area contributed by atoms with Crippen LogP contribution in [-0.2, 0) is 27.2 Å². The van der Waals surface area contributed by atoms with E-state index in [0.29, 0.717) is 12.8 Å². The van der Waals surface area contributed by atoms with Crippen LogP contribution in [0.2, 0.25) is 0 Å². The summed E-state index contributed by atoms with van der Waals surface area (Å²) in [5, 5.41) is 13.3. The fourth-order valence-corrected chi connectivity index (χ4v) is 2.69. The minimum atomic E-state index is -1.25. The van der Waals surface area contributed by atoms with Gasteiger partial charge in [-0.15, -0.1) is 0 Å². The van der Waals surface area contributed by atoms with Crippen molar-refractivity contribution < 1.29 is 37.8 Å². The molecular weight excluding hydrogens is 490 g/mol. The van der Waals surface area contributed by atoms with Crippen LogP contribution in [0.25, 0.3) is 0 Å². The van der Waals surface area contributed by atoms with Gasteiger partial charge in [0.1, 0.15) is 34.4 Å². The van der Waals surface area contributed by atoms with Gasteiger partial charge >= 0.3 is 11.9 Å². The van der Waals surface area contributed by atoms with Gasteiger partial charge in [-0.2, -0.15) is 0 Å². The summed E-state index contributed by atoms with van der Waals surface area (Å²) in [4.78, 5) is 53.3. The summed E-state index contributed by atoms with van der Waals surface area (Å²) in [6.07, 6.45) is 3.39. The predicted octanol–water partition coefficient (Wildman–Crippen LogP) is 3.09. The Hall–Kier alpha value is -4.48. The van der Waals surface area contributed by atoms with Crippen LogP contribution < -0.4 is 10.6 Å². The molecule has 37 heavy (non-hydrogen) atoms. The molecule has 0 aromatic carbocycles. The number of carboxylic acid groups (broad SMARTS) is 1. The first-order valence-electron chi connectivity index (χ1n) is 11.1. The maximum Gasteiger partial charge on any atom is 0.354 e. The van der Waals surface area contributed by atoms with Crippen LogP contribution in [0.5, 0.6) is 0 Å². The number of carbonyl (C=O) groups excluding carboxylic acids is 3. The average Bonchev–Trinajstić information content (AvgIpc) is 2.90. The summed E-state index contributed by atoms with van der Waals surface area (Å²) in [5.74, 6) is -4.12. The molecule has 0 aliphatic carbocycles. The van der Waals surface area contributed by atoms with Crippen molar-refractivity contribution in [2.24, 2.45) is 0 Å². The van der Waals surface area contributed by atoms with Crippen LogP contribution in [0.3, 0.4) is 0 Å². The molecule has 0 aliphatic heterocycles. The Morgan fingerprint density at radius 1 is 0.838 bits per heavy atom. The Balaban J connectivity index is 0.000000371. The topological polar surface area (TPSA) is 148 Å². The lowest BCUT2D eigenvalue weighted by molar-refractivity contribution is -0.136. The van der Waals surface area contributed by atoms with Gasteiger partial charge in [-0.3, -0.25) is 9.59 Å². The van der Waals surface area contributed by atoms with E-state index in [-0.39, 0.29) is 34.2 Å². The Morgan fingerprint density at radius 3 is 1.57 bits per heavy atom. The van der Waals surface area contributed by atoms with Crippen molar-refractivity contribution in [2.45, 2.75) is 40.5 Å². The number of aryl methyl sites for hydroxylation is 2. The van der Waals surface area contributed by atoms with E-state index in [1.807, 2.05) is 0 Å². The number of ether oxygens (including phenoxy) is 1. The number of aromatic nitrogens is 2. The smallest absolute Gasteiger partial charge is 0.354 e. The molecular formula is C25H28F2N4O6. The molecule has 0 saturated carbocycles. The molecule has 0 aliphatic rings. The number of carbonyl (C=O) groups is 4. The van der Waals surface area contributed by atoms with Gasteiger partial charge in [-0.05, 0) is 51.0 Å². The monoisotopic (exact) mass is 518 g/mol. The number of esters is 1. The molecule has 0 saturated heterocycles. The fraction of sp³-hybridized carbons (Fsp3) is 0.280. The first-order chi connectivity index (χ1) is 17.5. The van der Waals surface area contributed by atoms with Crippen molar-refractivity contribution >= 4 is 23.8 Å². The number of nitrogens with one attached hydrogen (secondary N) is 2. The van der Waals surface area contributed by atoms with Crippen molar-refractivity contribution in [1.82, 2.24) is 20.6 Å². The van der Waals surface area contributed by atoms with Crippen LogP contribution in [-0.4, -0.2) is 45.9 Å². The Labute approximate surface area is 212 Å². The lowest BCUT2D eigenvalue weighted by atomic mass is 10.2. The quantitative estimate of drug-likeness (QED) is 0.357. The van der Waals surface area contributed by atoms with E-state index in [2.05, 4.69) is 25.3 Å². The molecule has 0 bridgehead atoms. The molecule has 198 valence electrons. The van der Waals surface area contributed by atoms with Crippen molar-refractivity contribution in [3.8, 4) is 0 Å². The van der Waals surface area contributed by atoms with Crippen LogP contribution in [0.1, 0.15) is 60.1 Å². The van der Waals surface area contributed by atoms with E-state index in [9.17, 15) is 28.0 Å². The second-order valence-electron chi connectivity index (χ2n) is 7.07. The van der Waals surface area contributed by atoms with Gasteiger partial charge in [0.2, 0.25) is 0 Å². The van der Waals surface area contributed by atoms with E-state index >= 15 is 0 Å². The highest BCUT2D eigenvalue weighted by atomic mass is 19.1. The normalized spacial score (nSPS) is 11.1. The fourth-order valence-electron chi connectivity index (χ4n) is 2.69. The average molecular weight is 519 g/mol. The lowest BCUT2D eigenvalue weighted by Crippen LogP contribution is -2.29. The van der Waals surface area contributed by atoms with E-state index in [4.69, 9.17) is 5.11 Å². The molecule has 3 N–H and O–H groups in total. The third-order valence-corrected chi connectivity index (χ3v) is 4.68. The number of methoxy groups -OCH3 is 1. The molecule has 2 amide bonds. The van der Waals surface area contributed by atoms with Crippen LogP contribution in [0, 0.1) is 11.6 Å². The number of nitrogens with zero attached hydrogens (tertiary/aromatic N) is 2. The number of carboxylic acids is 1. The Bertz CT molecular complexity index is 1230. The first-order valence-corrected chi connectivity index (χ1v) is 11.1. The van der Waals surface area contributed by atoms with E-state index < -0.39 is 35.4 Å². The highest BCUT2D eigenvalue weighted by molar-refractivity contribution is 6.00. The highest BCUT2D eigenvalue weighted by Crippen LogP contribution is 2.08. The summed E-state index contributed by atoms with van der Waals surface area (Å²) in [6, 6.07) is 4.78. The SMILES string of the molecule is C/C=C(/NC(=O)c1ccc(F)c(CC)n1)C(=O)O.C/C=C(/NC(=O)c1ccc(F)c(CC)n1)C(=O)OC. The molecule has 2 heterocycles. The van der Waals surface area contributed by atoms with Crippen molar-refractivity contribution in [3.05, 3.63) is 82.2 Å². The number of rotatable bonds is 8. The molecule has 0 radical (unpaired) electrons. The zero-order chi connectivity index (χ0) is 28.1. The summed E-state index contributed by atoms with van der Waals surface area (Å²) >= 11 is 0. The number of aliphatic carboxylic acids is 1. The molecule has 0 spiro atoms. The van der Waals surface area contributed by atoms with Gasteiger partial charge in [0.25, 0.3) is 11.8 Å². The number of amides is 2. The molecule has 2 aromatic rings. The minimum absolute atomic E-state index is 0.0108. The maximum atomic E-state index is 13.3. The zero-order valence-corrected chi connectivity index (χ0v) is 21.0. The van der Waals surface area contributed by atoms with Gasteiger partial charge in [-0.25, -0.2) is 28.3 Å². The largest absolute Gasteiger partial charge is 0.477 e. The van der Waals surface area contributed by atoms with E-state index in [1.54, 1.807) is 20.8 Å². The summed E-state index contributed by atoms with van der Waals surface area (Å²) in [5.41, 5.74) is 0.156. The summed E-state index contributed by atoms with van der Waals surface area (Å²) in [6.45, 7) is 6.52. The number of pyridine rings is 2. The summed E-state index contributed by atoms with van der Waals surface area (Å²) < 4.78 is 31.0. The van der Waals surface area contributed by atoms with Crippen molar-refractivity contribution in [2.75, 3.05) is 7.11 Å². The molecule has 0 atom stereocenters. The number of hydrogen-bond donors (Lipinski definition) is 3. The van der Waals surface area contributed by atoms with Crippen LogP contribution in [0.4, 0.5) is 8.78 Å². The van der Waals surface area contributed by atoms with E-state index in [0.717, 1.165) is 6.07 Å². The minimum Gasteiger partial charge on any atom is -0.477 e. The number of hydrogen-bond acceptors (Lipinski definition) is 7. The highest BCUT2D eigenvalue weighted by Gasteiger charge is 2.16. The molecule has 2 rings (SSSR count). The zero-order valence-electron chi connectivity index (χ0n) is 21.0. The second kappa shape index (κ2) is 14.8. The summed E-state index contributed by atoms with van der Waals surface area (Å²) in [7, 11) is 1.21. The number of halogens is 2. The predicted molar refractivity (Wildman–Crippen MR) is 129 cm³/mol. The first kappa shape index (κ1) is 30.6. The van der Waals surface area contributed by atoms with Gasteiger partial charge in [0.05, 0.1) is 18.5 Å². The third kappa shape index (κ3) is 8.91. The standard InChI is InChI=1S/C13H15FN2O3.C12H13FN2O3/c1-4-9-8(14)6-7-11(15-9)12(17)16-10(5-2)13(18)19-3;1-3-8-7(13)5-6-10(14-8)11(16)15-9(4-2)12(17)18/h5-7H,4H2,1-3H3,(H,16,17);4-6H,3H2,1-2H3,(H,15,16)(H,17,18)/b10-5+;9-4+. The molecule has 2 aromatic heterocycles. The van der Waals surface area contributed by atoms with Gasteiger partial charge < -0.3 is 20.5 Å². The van der Waals surface area contributed by atoms with Crippen molar-refractivity contribution in [1.29, 1.82) is 0 Å². The lowest BCUT2D eigenvalue weighted by Gasteiger charge is -2.08. The van der Waals surface area contributed by atoms with Crippen LogP contribution in [0.15, 0.2) is 47.8 Å². The Morgan fingerprint density at radius 2 is 1.24 bits per heavy atom. The van der Waals surface area contributed by atoms with Gasteiger partial charge in [-0.1, -0.05) is 26.0 Å². The maximum absolute atomic E-state index is 13.3. The molecule has 0 unspecified atom stereocenters. The van der Waals surface area contributed by atoms with E-state index in [1.165, 1.54) is 44.4 Å². The molecule has 10 nitrogen and oxygen atoms in total. The van der Waals surface area contributed by atoms with Gasteiger partial charge in [0.15, 0.2) is 0 Å². The second-order valence-corrected chi connectivity index (χ2v) is 7.07. The third-order valence-electron chi connectivity index (χ3n) is 4.68. The number of allylic oxidation sites excluding steroid dienone is 2. The van der Waals surface area contributed by atoms with Gasteiger partial charge in [0, 0.05) is 0 Å². The molecule has 0 fully saturated rings. The molecule has 12 heteroatoms.